The van der Waals surface area contributed by atoms with Gasteiger partial charge in [-0.3, -0.25) is 4.98 Å². The third kappa shape index (κ3) is 3.62. The Kier molecular flexibility index (Phi) is 4.49. The lowest BCUT2D eigenvalue weighted by atomic mass is 10.2. The Labute approximate surface area is 143 Å². The van der Waals surface area contributed by atoms with E-state index in [1.165, 1.54) is 6.07 Å². The molecule has 0 saturated heterocycles. The highest BCUT2D eigenvalue weighted by Gasteiger charge is 2.10. The van der Waals surface area contributed by atoms with Crippen molar-refractivity contribution in [2.24, 2.45) is 0 Å². The van der Waals surface area contributed by atoms with Crippen molar-refractivity contribution >= 4 is 39.0 Å². The van der Waals surface area contributed by atoms with Crippen LogP contribution in [-0.4, -0.2) is 15.0 Å². The van der Waals surface area contributed by atoms with Crippen LogP contribution in [0.5, 0.6) is 0 Å². The van der Waals surface area contributed by atoms with Crippen LogP contribution in [0, 0.1) is 11.6 Å². The van der Waals surface area contributed by atoms with Crippen LogP contribution in [0.15, 0.2) is 47.2 Å². The van der Waals surface area contributed by atoms with Gasteiger partial charge < -0.3 is 5.32 Å². The smallest absolute Gasteiger partial charge is 0.163 e. The first kappa shape index (κ1) is 15.8. The van der Waals surface area contributed by atoms with E-state index in [4.69, 9.17) is 11.6 Å². The zero-order valence-electron chi connectivity index (χ0n) is 11.4. The number of hydrogen-bond acceptors (Lipinski definition) is 4. The van der Waals surface area contributed by atoms with Crippen LogP contribution in [0.25, 0.3) is 11.4 Å². The molecule has 0 amide bonds. The molecule has 0 atom stereocenters. The molecule has 0 unspecified atom stereocenters. The minimum atomic E-state index is -0.720. The maximum atomic E-state index is 13.6. The van der Waals surface area contributed by atoms with Crippen molar-refractivity contribution in [3.8, 4) is 11.4 Å². The average Bonchev–Trinajstić information content (AvgIpc) is 2.53. The van der Waals surface area contributed by atoms with Crippen LogP contribution in [0.4, 0.5) is 20.3 Å². The van der Waals surface area contributed by atoms with Gasteiger partial charge in [0.2, 0.25) is 0 Å². The molecule has 0 fully saturated rings. The van der Waals surface area contributed by atoms with Crippen molar-refractivity contribution in [1.82, 2.24) is 15.0 Å². The van der Waals surface area contributed by atoms with E-state index in [1.54, 1.807) is 24.5 Å². The Morgan fingerprint density at radius 2 is 1.65 bits per heavy atom. The second-order valence-corrected chi connectivity index (χ2v) is 5.69. The molecular weight excluding hydrogens is 390 g/mol. The summed E-state index contributed by atoms with van der Waals surface area (Å²) in [7, 11) is 0. The third-order valence-corrected chi connectivity index (χ3v) is 3.84. The molecule has 0 radical (unpaired) electrons. The number of aromatic nitrogens is 3. The zero-order valence-corrected chi connectivity index (χ0v) is 13.7. The molecule has 0 aliphatic heterocycles. The van der Waals surface area contributed by atoms with Gasteiger partial charge in [-0.25, -0.2) is 18.7 Å². The highest BCUT2D eigenvalue weighted by Crippen LogP contribution is 2.27. The van der Waals surface area contributed by atoms with Crippen molar-refractivity contribution in [2.75, 3.05) is 5.32 Å². The average molecular weight is 398 g/mol. The molecule has 2 aromatic heterocycles. The van der Waals surface area contributed by atoms with Gasteiger partial charge in [0.05, 0.1) is 4.47 Å². The number of nitrogens with zero attached hydrogens (tertiary/aromatic N) is 3. The Morgan fingerprint density at radius 1 is 1.00 bits per heavy atom. The Morgan fingerprint density at radius 3 is 2.30 bits per heavy atom. The van der Waals surface area contributed by atoms with E-state index < -0.39 is 11.6 Å². The van der Waals surface area contributed by atoms with Crippen molar-refractivity contribution in [3.63, 3.8) is 0 Å². The van der Waals surface area contributed by atoms with Gasteiger partial charge in [-0.05, 0) is 40.2 Å². The topological polar surface area (TPSA) is 50.7 Å². The third-order valence-electron chi connectivity index (χ3n) is 2.89. The quantitative estimate of drug-likeness (QED) is 0.500. The summed E-state index contributed by atoms with van der Waals surface area (Å²) in [6.45, 7) is 0. The summed E-state index contributed by atoms with van der Waals surface area (Å²) in [4.78, 5) is 12.3. The van der Waals surface area contributed by atoms with Gasteiger partial charge in [0.1, 0.15) is 22.6 Å². The van der Waals surface area contributed by atoms with E-state index in [0.717, 1.165) is 17.7 Å². The lowest BCUT2D eigenvalue weighted by Gasteiger charge is -2.09. The van der Waals surface area contributed by atoms with Gasteiger partial charge in [-0.15, -0.1) is 0 Å². The van der Waals surface area contributed by atoms with E-state index in [-0.39, 0.29) is 15.3 Å². The number of pyridine rings is 1. The number of hydrogen-bond donors (Lipinski definition) is 1. The molecule has 2 heterocycles. The van der Waals surface area contributed by atoms with Crippen LogP contribution in [0.3, 0.4) is 0 Å². The van der Waals surface area contributed by atoms with Gasteiger partial charge in [0.25, 0.3) is 0 Å². The van der Waals surface area contributed by atoms with E-state index in [9.17, 15) is 8.78 Å². The fourth-order valence-electron chi connectivity index (χ4n) is 1.89. The molecule has 0 aliphatic carbocycles. The lowest BCUT2D eigenvalue weighted by molar-refractivity contribution is 0.573. The number of benzene rings is 1. The zero-order chi connectivity index (χ0) is 16.4. The number of halogens is 4. The molecule has 0 saturated carbocycles. The van der Waals surface area contributed by atoms with E-state index in [1.807, 2.05) is 0 Å². The second kappa shape index (κ2) is 6.55. The Bertz CT molecular complexity index is 838. The van der Waals surface area contributed by atoms with Crippen LogP contribution in [0.2, 0.25) is 5.15 Å². The number of nitrogens with one attached hydrogen (secondary N) is 1. The summed E-state index contributed by atoms with van der Waals surface area (Å²) in [5.41, 5.74) is 0.928. The molecule has 4 nitrogen and oxygen atoms in total. The number of anilines is 2. The van der Waals surface area contributed by atoms with Crippen molar-refractivity contribution in [3.05, 3.63) is 64.0 Å². The summed E-state index contributed by atoms with van der Waals surface area (Å²) in [6.07, 6.45) is 3.21. The molecular formula is C15H8BrClF2N4. The summed E-state index contributed by atoms with van der Waals surface area (Å²) in [5.74, 6) is -0.748. The highest BCUT2D eigenvalue weighted by atomic mass is 79.9. The molecule has 0 bridgehead atoms. The molecule has 0 aliphatic rings. The fourth-order valence-corrected chi connectivity index (χ4v) is 2.30. The summed E-state index contributed by atoms with van der Waals surface area (Å²) in [6, 6.07) is 7.22. The maximum absolute atomic E-state index is 13.6. The standard InChI is InChI=1S/C15H8BrClF2N4/c16-14-10(18)5-9(6-11(14)19)21-13-7-12(17)22-15(23-13)8-1-3-20-4-2-8/h1-7H,(H,21,22,23). The first-order valence-electron chi connectivity index (χ1n) is 6.39. The number of rotatable bonds is 3. The van der Waals surface area contributed by atoms with Gasteiger partial charge in [0.15, 0.2) is 5.82 Å². The minimum absolute atomic E-state index is 0.201. The molecule has 8 heteroatoms. The predicted octanol–water partition coefficient (Wildman–Crippen LogP) is 4.98. The van der Waals surface area contributed by atoms with E-state index in [0.29, 0.717) is 11.6 Å². The molecule has 3 aromatic rings. The van der Waals surface area contributed by atoms with Gasteiger partial charge in [0, 0.05) is 29.7 Å². The molecule has 3 rings (SSSR count). The van der Waals surface area contributed by atoms with Crippen molar-refractivity contribution in [2.45, 2.75) is 0 Å². The largest absolute Gasteiger partial charge is 0.340 e. The molecule has 23 heavy (non-hydrogen) atoms. The summed E-state index contributed by atoms with van der Waals surface area (Å²) in [5, 5.41) is 3.01. The predicted molar refractivity (Wildman–Crippen MR) is 87.6 cm³/mol. The molecule has 1 aromatic carbocycles. The highest BCUT2D eigenvalue weighted by molar-refractivity contribution is 9.10. The SMILES string of the molecule is Fc1cc(Nc2cc(Cl)nc(-c3ccncc3)n2)cc(F)c1Br. The summed E-state index contributed by atoms with van der Waals surface area (Å²) < 4.78 is 26.9. The Balaban J connectivity index is 1.96. The maximum Gasteiger partial charge on any atom is 0.163 e. The second-order valence-electron chi connectivity index (χ2n) is 4.51. The molecule has 1 N–H and O–H groups in total. The van der Waals surface area contributed by atoms with Crippen LogP contribution >= 0.6 is 27.5 Å². The van der Waals surface area contributed by atoms with E-state index in [2.05, 4.69) is 36.2 Å². The molecule has 0 spiro atoms. The van der Waals surface area contributed by atoms with Crippen LogP contribution in [0.1, 0.15) is 0 Å². The van der Waals surface area contributed by atoms with Crippen LogP contribution in [-0.2, 0) is 0 Å². The summed E-state index contributed by atoms with van der Waals surface area (Å²) >= 11 is 8.81. The van der Waals surface area contributed by atoms with Gasteiger partial charge in [-0.2, -0.15) is 0 Å². The van der Waals surface area contributed by atoms with Gasteiger partial charge in [-0.1, -0.05) is 11.6 Å². The normalized spacial score (nSPS) is 10.6. The van der Waals surface area contributed by atoms with Crippen LogP contribution < -0.4 is 5.32 Å². The Hall–Kier alpha value is -2.12. The van der Waals surface area contributed by atoms with E-state index >= 15 is 0 Å². The fraction of sp³-hybridized carbons (Fsp3) is 0. The lowest BCUT2D eigenvalue weighted by Crippen LogP contribution is -1.99. The first-order chi connectivity index (χ1) is 11.0. The first-order valence-corrected chi connectivity index (χ1v) is 7.56. The van der Waals surface area contributed by atoms with Crippen molar-refractivity contribution in [1.29, 1.82) is 0 Å². The minimum Gasteiger partial charge on any atom is -0.340 e. The van der Waals surface area contributed by atoms with Crippen molar-refractivity contribution < 1.29 is 8.78 Å². The monoisotopic (exact) mass is 396 g/mol. The molecule has 116 valence electrons. The van der Waals surface area contributed by atoms with Gasteiger partial charge >= 0.3 is 0 Å².